The molecule has 6 heteroatoms. The summed E-state index contributed by atoms with van der Waals surface area (Å²) in [6.45, 7) is 5.83. The van der Waals surface area contributed by atoms with Crippen LogP contribution < -0.4 is 5.32 Å². The van der Waals surface area contributed by atoms with Gasteiger partial charge in [0.2, 0.25) is 0 Å². The molecule has 0 radical (unpaired) electrons. The van der Waals surface area contributed by atoms with Crippen molar-refractivity contribution in [3.05, 3.63) is 17.8 Å². The fourth-order valence-electron chi connectivity index (χ4n) is 2.22. The van der Waals surface area contributed by atoms with Crippen LogP contribution in [0.25, 0.3) is 0 Å². The molecule has 1 aliphatic rings. The Morgan fingerprint density at radius 2 is 2.33 bits per heavy atom. The van der Waals surface area contributed by atoms with Crippen molar-refractivity contribution in [2.75, 3.05) is 18.1 Å². The van der Waals surface area contributed by atoms with Crippen LogP contribution in [0.2, 0.25) is 0 Å². The lowest BCUT2D eigenvalue weighted by Crippen LogP contribution is -2.20. The highest BCUT2D eigenvalue weighted by molar-refractivity contribution is 7.91. The van der Waals surface area contributed by atoms with E-state index in [0.717, 1.165) is 18.0 Å². The Morgan fingerprint density at radius 1 is 1.56 bits per heavy atom. The quantitative estimate of drug-likeness (QED) is 0.875. The van der Waals surface area contributed by atoms with E-state index in [1.807, 2.05) is 0 Å². The molecular formula is C12H20N2O3S. The Labute approximate surface area is 108 Å². The van der Waals surface area contributed by atoms with Gasteiger partial charge in [-0.2, -0.15) is 0 Å². The molecule has 1 aliphatic heterocycles. The number of rotatable bonds is 5. The van der Waals surface area contributed by atoms with Gasteiger partial charge in [-0.3, -0.25) is 0 Å². The summed E-state index contributed by atoms with van der Waals surface area (Å²) in [5, 5.41) is 3.30. The molecule has 1 fully saturated rings. The number of oxazole rings is 1. The maximum absolute atomic E-state index is 11.5. The SMILES string of the molecule is CC(C)CNCc1ncoc1C1CCS(=O)(=O)C1. The van der Waals surface area contributed by atoms with E-state index in [9.17, 15) is 8.42 Å². The molecule has 1 aromatic heterocycles. The van der Waals surface area contributed by atoms with Crippen LogP contribution >= 0.6 is 0 Å². The molecule has 0 amide bonds. The lowest BCUT2D eigenvalue weighted by atomic mass is 10.0. The van der Waals surface area contributed by atoms with Gasteiger partial charge in [0.25, 0.3) is 0 Å². The van der Waals surface area contributed by atoms with Gasteiger partial charge in [-0.05, 0) is 18.9 Å². The van der Waals surface area contributed by atoms with Crippen molar-refractivity contribution < 1.29 is 12.8 Å². The topological polar surface area (TPSA) is 72.2 Å². The summed E-state index contributed by atoms with van der Waals surface area (Å²) in [5.41, 5.74) is 0.845. The highest BCUT2D eigenvalue weighted by atomic mass is 32.2. The predicted molar refractivity (Wildman–Crippen MR) is 69.1 cm³/mol. The van der Waals surface area contributed by atoms with Crippen molar-refractivity contribution in [3.63, 3.8) is 0 Å². The summed E-state index contributed by atoms with van der Waals surface area (Å²) in [5.74, 6) is 1.75. The normalized spacial score (nSPS) is 22.7. The van der Waals surface area contributed by atoms with Crippen molar-refractivity contribution in [1.29, 1.82) is 0 Å². The first-order chi connectivity index (χ1) is 8.48. The smallest absolute Gasteiger partial charge is 0.181 e. The number of nitrogens with zero attached hydrogens (tertiary/aromatic N) is 1. The number of aromatic nitrogens is 1. The van der Waals surface area contributed by atoms with Crippen molar-refractivity contribution in [1.82, 2.24) is 10.3 Å². The zero-order valence-electron chi connectivity index (χ0n) is 10.8. The minimum Gasteiger partial charge on any atom is -0.448 e. The van der Waals surface area contributed by atoms with Gasteiger partial charge in [0.15, 0.2) is 16.2 Å². The van der Waals surface area contributed by atoms with Gasteiger partial charge in [-0.15, -0.1) is 0 Å². The molecule has 1 N–H and O–H groups in total. The monoisotopic (exact) mass is 272 g/mol. The second kappa shape index (κ2) is 5.40. The van der Waals surface area contributed by atoms with Crippen molar-refractivity contribution in [2.24, 2.45) is 5.92 Å². The van der Waals surface area contributed by atoms with Gasteiger partial charge in [-0.25, -0.2) is 13.4 Å². The van der Waals surface area contributed by atoms with Crippen LogP contribution in [-0.2, 0) is 16.4 Å². The van der Waals surface area contributed by atoms with E-state index in [1.165, 1.54) is 6.39 Å². The highest BCUT2D eigenvalue weighted by Gasteiger charge is 2.32. The molecule has 1 aromatic rings. The van der Waals surface area contributed by atoms with Gasteiger partial charge >= 0.3 is 0 Å². The van der Waals surface area contributed by atoms with E-state index >= 15 is 0 Å². The van der Waals surface area contributed by atoms with E-state index in [0.29, 0.717) is 18.9 Å². The Hall–Kier alpha value is -0.880. The second-order valence-electron chi connectivity index (χ2n) is 5.29. The summed E-state index contributed by atoms with van der Waals surface area (Å²) in [6.07, 6.45) is 2.06. The van der Waals surface area contributed by atoms with Crippen LogP contribution in [-0.4, -0.2) is 31.5 Å². The molecule has 0 aliphatic carbocycles. The lowest BCUT2D eigenvalue weighted by molar-refractivity contribution is 0.465. The Balaban J connectivity index is 2.00. The molecule has 0 bridgehead atoms. The number of sulfone groups is 1. The summed E-state index contributed by atoms with van der Waals surface area (Å²) < 4.78 is 28.3. The standard InChI is InChI=1S/C12H20N2O3S/c1-9(2)5-13-6-11-12(17-8-14-11)10-3-4-18(15,16)7-10/h8-10,13H,3-7H2,1-2H3. The largest absolute Gasteiger partial charge is 0.448 e. The van der Waals surface area contributed by atoms with Crippen molar-refractivity contribution >= 4 is 9.84 Å². The van der Waals surface area contributed by atoms with E-state index < -0.39 is 9.84 Å². The molecule has 0 saturated carbocycles. The lowest BCUT2D eigenvalue weighted by Gasteiger charge is -2.09. The summed E-state index contributed by atoms with van der Waals surface area (Å²) in [4.78, 5) is 4.18. The third-order valence-corrected chi connectivity index (χ3v) is 4.89. The first-order valence-corrected chi connectivity index (χ1v) is 8.13. The van der Waals surface area contributed by atoms with Gasteiger partial charge in [0, 0.05) is 12.5 Å². The molecule has 5 nitrogen and oxygen atoms in total. The van der Waals surface area contributed by atoms with Crippen LogP contribution in [0.3, 0.4) is 0 Å². The molecule has 102 valence electrons. The Kier molecular flexibility index (Phi) is 4.07. The molecule has 0 spiro atoms. The molecule has 2 heterocycles. The number of nitrogens with one attached hydrogen (secondary N) is 1. The zero-order valence-corrected chi connectivity index (χ0v) is 11.7. The van der Waals surface area contributed by atoms with Crippen LogP contribution in [0.4, 0.5) is 0 Å². The molecule has 1 unspecified atom stereocenters. The first kappa shape index (κ1) is 13.5. The van der Waals surface area contributed by atoms with Gasteiger partial charge in [0.05, 0.1) is 17.2 Å². The predicted octanol–water partition coefficient (Wildman–Crippen LogP) is 1.32. The average Bonchev–Trinajstić information content (AvgIpc) is 2.84. The maximum Gasteiger partial charge on any atom is 0.181 e. The average molecular weight is 272 g/mol. The Bertz CT molecular complexity index is 493. The van der Waals surface area contributed by atoms with E-state index in [2.05, 4.69) is 24.1 Å². The van der Waals surface area contributed by atoms with Crippen molar-refractivity contribution in [2.45, 2.75) is 32.7 Å². The number of hydrogen-bond donors (Lipinski definition) is 1. The Morgan fingerprint density at radius 3 is 2.94 bits per heavy atom. The van der Waals surface area contributed by atoms with E-state index in [-0.39, 0.29) is 17.4 Å². The van der Waals surface area contributed by atoms with Gasteiger partial charge in [-0.1, -0.05) is 13.8 Å². The third kappa shape index (κ3) is 3.32. The van der Waals surface area contributed by atoms with Crippen LogP contribution in [0.5, 0.6) is 0 Å². The zero-order chi connectivity index (χ0) is 13.2. The summed E-state index contributed by atoms with van der Waals surface area (Å²) in [6, 6.07) is 0. The van der Waals surface area contributed by atoms with Gasteiger partial charge in [0.1, 0.15) is 5.76 Å². The summed E-state index contributed by atoms with van der Waals surface area (Å²) in [7, 11) is -2.88. The van der Waals surface area contributed by atoms with E-state index in [4.69, 9.17) is 4.42 Å². The third-order valence-electron chi connectivity index (χ3n) is 3.12. The summed E-state index contributed by atoms with van der Waals surface area (Å²) >= 11 is 0. The molecule has 2 rings (SSSR count). The maximum atomic E-state index is 11.5. The van der Waals surface area contributed by atoms with Crippen LogP contribution in [0.1, 0.15) is 37.6 Å². The second-order valence-corrected chi connectivity index (χ2v) is 7.52. The highest BCUT2D eigenvalue weighted by Crippen LogP contribution is 2.30. The van der Waals surface area contributed by atoms with E-state index in [1.54, 1.807) is 0 Å². The first-order valence-electron chi connectivity index (χ1n) is 6.31. The van der Waals surface area contributed by atoms with Crippen LogP contribution in [0, 0.1) is 5.92 Å². The molecule has 18 heavy (non-hydrogen) atoms. The minimum atomic E-state index is -2.88. The molecule has 1 saturated heterocycles. The fraction of sp³-hybridized carbons (Fsp3) is 0.750. The molecule has 1 atom stereocenters. The number of hydrogen-bond acceptors (Lipinski definition) is 5. The van der Waals surface area contributed by atoms with Crippen LogP contribution in [0.15, 0.2) is 10.8 Å². The molecular weight excluding hydrogens is 252 g/mol. The molecule has 0 aromatic carbocycles. The fourth-order valence-corrected chi connectivity index (χ4v) is 3.97. The van der Waals surface area contributed by atoms with Gasteiger partial charge < -0.3 is 9.73 Å². The minimum absolute atomic E-state index is 0.0200. The van der Waals surface area contributed by atoms with Crippen molar-refractivity contribution in [3.8, 4) is 0 Å².